The molecule has 1 rings (SSSR count). The summed E-state index contributed by atoms with van der Waals surface area (Å²) in [5.41, 5.74) is -0.441. The van der Waals surface area contributed by atoms with Crippen molar-refractivity contribution < 1.29 is 17.6 Å². The molecule has 1 atom stereocenters. The lowest BCUT2D eigenvalue weighted by Gasteiger charge is -2.03. The van der Waals surface area contributed by atoms with Gasteiger partial charge in [0.05, 0.1) is 4.92 Å². The zero-order valence-corrected chi connectivity index (χ0v) is 13.0. The van der Waals surface area contributed by atoms with Crippen molar-refractivity contribution >= 4 is 49.4 Å². The molecule has 0 radical (unpaired) electrons. The molecule has 0 aliphatic rings. The van der Waals surface area contributed by atoms with E-state index in [2.05, 4.69) is 4.72 Å². The van der Waals surface area contributed by atoms with E-state index < -0.39 is 31.4 Å². The van der Waals surface area contributed by atoms with E-state index in [1.807, 2.05) is 0 Å². The fourth-order valence-electron chi connectivity index (χ4n) is 1.10. The summed E-state index contributed by atoms with van der Waals surface area (Å²) in [5, 5.41) is 10.6. The van der Waals surface area contributed by atoms with Gasteiger partial charge in [-0.1, -0.05) is 18.5 Å². The lowest BCUT2D eigenvalue weighted by atomic mass is 10.6. The van der Waals surface area contributed by atoms with E-state index in [0.29, 0.717) is 17.1 Å². The van der Waals surface area contributed by atoms with Crippen molar-refractivity contribution in [2.75, 3.05) is 18.1 Å². The third-order valence-electron chi connectivity index (χ3n) is 2.05. The standard InChI is InChI=1S/C8H11ClN2O5S3/c1-2-18(14)4-3-10-19(15,16)7-5-6(11(12)13)8(9)17-7/h5,10H,2-4H2,1H3. The van der Waals surface area contributed by atoms with Gasteiger partial charge in [-0.2, -0.15) is 0 Å². The van der Waals surface area contributed by atoms with Crippen LogP contribution in [0.2, 0.25) is 4.34 Å². The van der Waals surface area contributed by atoms with E-state index in [1.54, 1.807) is 6.92 Å². The van der Waals surface area contributed by atoms with Gasteiger partial charge in [0, 0.05) is 34.9 Å². The Bertz CT molecular complexity index is 598. The van der Waals surface area contributed by atoms with Gasteiger partial charge in [0.2, 0.25) is 10.0 Å². The summed E-state index contributed by atoms with van der Waals surface area (Å²) >= 11 is 6.20. The Morgan fingerprint density at radius 1 is 1.58 bits per heavy atom. The first-order chi connectivity index (χ1) is 8.77. The van der Waals surface area contributed by atoms with Crippen molar-refractivity contribution in [3.05, 3.63) is 20.5 Å². The molecule has 0 saturated heterocycles. The molecule has 1 unspecified atom stereocenters. The third kappa shape index (κ3) is 4.49. The number of thiophene rings is 1. The van der Waals surface area contributed by atoms with Crippen LogP contribution in [0.3, 0.4) is 0 Å². The zero-order chi connectivity index (χ0) is 14.6. The predicted molar refractivity (Wildman–Crippen MR) is 74.7 cm³/mol. The van der Waals surface area contributed by atoms with E-state index in [-0.39, 0.29) is 20.8 Å². The lowest BCUT2D eigenvalue weighted by Crippen LogP contribution is -2.27. The largest absolute Gasteiger partial charge is 0.300 e. The van der Waals surface area contributed by atoms with Gasteiger partial charge in [-0.05, 0) is 0 Å². The minimum Gasteiger partial charge on any atom is -0.260 e. The predicted octanol–water partition coefficient (Wildman–Crippen LogP) is 1.36. The number of hydrogen-bond donors (Lipinski definition) is 1. The van der Waals surface area contributed by atoms with Crippen molar-refractivity contribution in [3.63, 3.8) is 0 Å². The van der Waals surface area contributed by atoms with Crippen LogP contribution >= 0.6 is 22.9 Å². The number of sulfonamides is 1. The molecule has 0 fully saturated rings. The highest BCUT2D eigenvalue weighted by atomic mass is 35.5. The van der Waals surface area contributed by atoms with Gasteiger partial charge in [-0.15, -0.1) is 11.3 Å². The summed E-state index contributed by atoms with van der Waals surface area (Å²) in [6.45, 7) is 1.74. The highest BCUT2D eigenvalue weighted by Gasteiger charge is 2.24. The molecule has 11 heteroatoms. The molecule has 1 heterocycles. The summed E-state index contributed by atoms with van der Waals surface area (Å²) in [7, 11) is -4.94. The summed E-state index contributed by atoms with van der Waals surface area (Å²) in [5.74, 6) is 0.634. The summed E-state index contributed by atoms with van der Waals surface area (Å²) < 4.78 is 36.6. The summed E-state index contributed by atoms with van der Waals surface area (Å²) in [6.07, 6.45) is 0. The Balaban J connectivity index is 2.80. The van der Waals surface area contributed by atoms with Crippen LogP contribution in [-0.4, -0.2) is 35.6 Å². The van der Waals surface area contributed by atoms with Gasteiger partial charge in [-0.25, -0.2) is 13.1 Å². The summed E-state index contributed by atoms with van der Waals surface area (Å²) in [4.78, 5) is 9.83. The van der Waals surface area contributed by atoms with Crippen LogP contribution in [0.15, 0.2) is 10.3 Å². The first-order valence-corrected chi connectivity index (χ1v) is 9.23. The highest BCUT2D eigenvalue weighted by molar-refractivity contribution is 7.91. The van der Waals surface area contributed by atoms with Gasteiger partial charge in [0.25, 0.3) is 5.69 Å². The van der Waals surface area contributed by atoms with Gasteiger partial charge in [0.1, 0.15) is 4.21 Å². The van der Waals surface area contributed by atoms with Crippen molar-refractivity contribution in [3.8, 4) is 0 Å². The van der Waals surface area contributed by atoms with Crippen molar-refractivity contribution in [1.29, 1.82) is 0 Å². The number of hydrogen-bond acceptors (Lipinski definition) is 6. The average molecular weight is 347 g/mol. The molecule has 7 nitrogen and oxygen atoms in total. The molecule has 1 aromatic rings. The van der Waals surface area contributed by atoms with Crippen LogP contribution in [0.5, 0.6) is 0 Å². The quantitative estimate of drug-likeness (QED) is 0.592. The Kier molecular flexibility index (Phi) is 5.86. The molecule has 0 amide bonds. The van der Waals surface area contributed by atoms with Gasteiger partial charge in [-0.3, -0.25) is 14.3 Å². The molecule has 1 aromatic heterocycles. The first-order valence-electron chi connectivity index (χ1n) is 5.06. The molecular weight excluding hydrogens is 336 g/mol. The van der Waals surface area contributed by atoms with E-state index >= 15 is 0 Å². The maximum absolute atomic E-state index is 11.8. The van der Waals surface area contributed by atoms with E-state index in [1.165, 1.54) is 0 Å². The van der Waals surface area contributed by atoms with Crippen LogP contribution < -0.4 is 4.72 Å². The average Bonchev–Trinajstić information content (AvgIpc) is 2.71. The third-order valence-corrected chi connectivity index (χ3v) is 6.63. The van der Waals surface area contributed by atoms with Crippen molar-refractivity contribution in [1.82, 2.24) is 4.72 Å². The number of rotatable bonds is 7. The van der Waals surface area contributed by atoms with E-state index in [9.17, 15) is 22.7 Å². The Morgan fingerprint density at radius 3 is 2.68 bits per heavy atom. The first kappa shape index (κ1) is 16.5. The smallest absolute Gasteiger partial charge is 0.260 e. The molecule has 0 aliphatic carbocycles. The van der Waals surface area contributed by atoms with Gasteiger partial charge >= 0.3 is 0 Å². The Labute approximate surface area is 121 Å². The van der Waals surface area contributed by atoms with Crippen LogP contribution in [-0.2, 0) is 20.8 Å². The number of halogens is 1. The molecule has 0 spiro atoms. The second-order valence-corrected chi connectivity index (χ2v) is 8.83. The maximum atomic E-state index is 11.8. The number of nitro groups is 1. The van der Waals surface area contributed by atoms with Crippen molar-refractivity contribution in [2.45, 2.75) is 11.1 Å². The minimum atomic E-state index is -3.85. The molecule has 0 aromatic carbocycles. The second kappa shape index (κ2) is 6.75. The van der Waals surface area contributed by atoms with Crippen LogP contribution in [0.25, 0.3) is 0 Å². The molecule has 108 valence electrons. The SMILES string of the molecule is CCS(=O)CCNS(=O)(=O)c1cc([N+](=O)[O-])c(Cl)s1. The monoisotopic (exact) mass is 346 g/mol. The van der Waals surface area contributed by atoms with E-state index in [4.69, 9.17) is 11.6 Å². The Hall–Kier alpha value is -0.550. The Morgan fingerprint density at radius 2 is 2.21 bits per heavy atom. The van der Waals surface area contributed by atoms with Gasteiger partial charge < -0.3 is 0 Å². The van der Waals surface area contributed by atoms with Crippen LogP contribution in [0.1, 0.15) is 6.92 Å². The fourth-order valence-corrected chi connectivity index (χ4v) is 4.59. The molecule has 19 heavy (non-hydrogen) atoms. The zero-order valence-electron chi connectivity index (χ0n) is 9.79. The van der Waals surface area contributed by atoms with Crippen molar-refractivity contribution in [2.24, 2.45) is 0 Å². The maximum Gasteiger partial charge on any atom is 0.300 e. The minimum absolute atomic E-state index is 0.00605. The van der Waals surface area contributed by atoms with Crippen LogP contribution in [0, 0.1) is 10.1 Å². The molecule has 1 N–H and O–H groups in total. The molecule has 0 bridgehead atoms. The van der Waals surface area contributed by atoms with E-state index in [0.717, 1.165) is 6.07 Å². The molecule has 0 saturated carbocycles. The van der Waals surface area contributed by atoms with Gasteiger partial charge in [0.15, 0.2) is 4.34 Å². The van der Waals surface area contributed by atoms with Crippen LogP contribution in [0.4, 0.5) is 5.69 Å². The fraction of sp³-hybridized carbons (Fsp3) is 0.500. The highest BCUT2D eigenvalue weighted by Crippen LogP contribution is 2.35. The normalized spacial score (nSPS) is 13.4. The lowest BCUT2D eigenvalue weighted by molar-refractivity contribution is -0.384. The molecule has 0 aliphatic heterocycles. The number of nitrogens with one attached hydrogen (secondary N) is 1. The summed E-state index contributed by atoms with van der Waals surface area (Å²) in [6, 6.07) is 0.909. The molecular formula is C8H11ClN2O5S3. The number of nitrogens with zero attached hydrogens (tertiary/aromatic N) is 1. The topological polar surface area (TPSA) is 106 Å². The second-order valence-electron chi connectivity index (χ2n) is 3.31.